The number of pyridine rings is 1. The van der Waals surface area contributed by atoms with Gasteiger partial charge in [0.25, 0.3) is 0 Å². The van der Waals surface area contributed by atoms with E-state index in [2.05, 4.69) is 4.98 Å². The molecular weight excluding hydrogens is 395 g/mol. The van der Waals surface area contributed by atoms with Gasteiger partial charge in [-0.05, 0) is 44.7 Å². The number of methoxy groups -OCH3 is 2. The lowest BCUT2D eigenvalue weighted by atomic mass is 10.0. The lowest BCUT2D eigenvalue weighted by Crippen LogP contribution is -2.21. The van der Waals surface area contributed by atoms with Crippen LogP contribution in [0.25, 0.3) is 11.3 Å². The van der Waals surface area contributed by atoms with Gasteiger partial charge in [-0.1, -0.05) is 6.07 Å². The Morgan fingerprint density at radius 1 is 1.10 bits per heavy atom. The summed E-state index contributed by atoms with van der Waals surface area (Å²) < 4.78 is 34.1. The number of benzene rings is 1. The number of phenolic OH excluding ortho intramolecular Hbond substituents is 1. The minimum Gasteiger partial charge on any atom is -0.502 e. The van der Waals surface area contributed by atoms with E-state index in [1.807, 2.05) is 24.1 Å². The van der Waals surface area contributed by atoms with Crippen molar-refractivity contribution in [2.45, 2.75) is 20.4 Å². The summed E-state index contributed by atoms with van der Waals surface area (Å²) in [6, 6.07) is 7.19. The molecule has 0 saturated carbocycles. The molecular formula is C20H29N2O6P. The van der Waals surface area contributed by atoms with Gasteiger partial charge in [-0.2, -0.15) is 0 Å². The Labute approximate surface area is 171 Å². The highest BCUT2D eigenvalue weighted by Gasteiger charge is 2.26. The van der Waals surface area contributed by atoms with E-state index in [0.717, 1.165) is 11.1 Å². The van der Waals surface area contributed by atoms with Gasteiger partial charge < -0.3 is 23.6 Å². The molecule has 160 valence electrons. The van der Waals surface area contributed by atoms with Gasteiger partial charge in [0.05, 0.1) is 33.1 Å². The average molecular weight is 424 g/mol. The molecule has 0 spiro atoms. The number of phenols is 1. The zero-order valence-electron chi connectivity index (χ0n) is 17.5. The second-order valence-corrected chi connectivity index (χ2v) is 8.36. The molecule has 0 saturated heterocycles. The van der Waals surface area contributed by atoms with E-state index in [4.69, 9.17) is 18.5 Å². The van der Waals surface area contributed by atoms with E-state index in [-0.39, 0.29) is 12.0 Å². The van der Waals surface area contributed by atoms with Crippen LogP contribution in [0.15, 0.2) is 30.5 Å². The second kappa shape index (κ2) is 10.6. The minimum atomic E-state index is -3.20. The Morgan fingerprint density at radius 3 is 2.21 bits per heavy atom. The van der Waals surface area contributed by atoms with Gasteiger partial charge in [0.1, 0.15) is 6.29 Å². The van der Waals surface area contributed by atoms with Crippen molar-refractivity contribution in [2.24, 2.45) is 0 Å². The Morgan fingerprint density at radius 2 is 1.69 bits per heavy atom. The summed E-state index contributed by atoms with van der Waals surface area (Å²) in [5, 5.41) is 10.2. The second-order valence-electron chi connectivity index (χ2n) is 6.34. The zero-order chi connectivity index (χ0) is 21.4. The highest BCUT2D eigenvalue weighted by molar-refractivity contribution is 7.53. The molecule has 8 nitrogen and oxygen atoms in total. The van der Waals surface area contributed by atoms with E-state index >= 15 is 0 Å². The summed E-state index contributed by atoms with van der Waals surface area (Å²) in [4.78, 5) is 6.38. The van der Waals surface area contributed by atoms with E-state index in [1.54, 1.807) is 32.2 Å². The highest BCUT2D eigenvalue weighted by atomic mass is 31.2. The van der Waals surface area contributed by atoms with Crippen LogP contribution in [-0.4, -0.2) is 55.8 Å². The fourth-order valence-electron chi connectivity index (χ4n) is 3.01. The largest absolute Gasteiger partial charge is 0.502 e. The summed E-state index contributed by atoms with van der Waals surface area (Å²) in [5.74, 6) is 0.519. The van der Waals surface area contributed by atoms with Crippen LogP contribution in [0.1, 0.15) is 19.4 Å². The smallest absolute Gasteiger partial charge is 0.344 e. The predicted molar refractivity (Wildman–Crippen MR) is 112 cm³/mol. The minimum absolute atomic E-state index is 0.0669. The molecule has 2 rings (SSSR count). The summed E-state index contributed by atoms with van der Waals surface area (Å²) in [6.45, 7) is 4.68. The maximum absolute atomic E-state index is 12.8. The van der Waals surface area contributed by atoms with E-state index < -0.39 is 7.60 Å². The fourth-order valence-corrected chi connectivity index (χ4v) is 4.72. The third kappa shape index (κ3) is 5.93. The lowest BCUT2D eigenvalue weighted by molar-refractivity contribution is 0.202. The van der Waals surface area contributed by atoms with Crippen molar-refractivity contribution in [1.82, 2.24) is 9.88 Å². The molecule has 0 bridgehead atoms. The highest BCUT2D eigenvalue weighted by Crippen LogP contribution is 2.48. The first-order chi connectivity index (χ1) is 13.9. The quantitative estimate of drug-likeness (QED) is 0.539. The molecule has 0 amide bonds. The van der Waals surface area contributed by atoms with Gasteiger partial charge in [-0.25, -0.2) is 0 Å². The molecule has 1 aromatic carbocycles. The van der Waals surface area contributed by atoms with Gasteiger partial charge in [0, 0.05) is 18.3 Å². The van der Waals surface area contributed by atoms with Crippen molar-refractivity contribution in [2.75, 3.05) is 40.8 Å². The third-order valence-corrected chi connectivity index (χ3v) is 6.28. The standard InChI is InChI=1S/C20H29N2O6P/c1-6-27-29(24,28-7-2)14-22(3)13-15-9-8-10-21-19(15)16-11-17(25-4)20(23)18(12-16)26-5/h8-12,23H,6-7,13-14H2,1-5H3. The van der Waals surface area contributed by atoms with Crippen LogP contribution in [0.3, 0.4) is 0 Å². The van der Waals surface area contributed by atoms with E-state index in [9.17, 15) is 9.67 Å². The van der Waals surface area contributed by atoms with Crippen molar-refractivity contribution >= 4 is 7.60 Å². The van der Waals surface area contributed by atoms with Crippen LogP contribution in [0.4, 0.5) is 0 Å². The van der Waals surface area contributed by atoms with Gasteiger partial charge in [0.2, 0.25) is 5.75 Å². The zero-order valence-corrected chi connectivity index (χ0v) is 18.4. The Balaban J connectivity index is 2.33. The summed E-state index contributed by atoms with van der Waals surface area (Å²) in [6.07, 6.45) is 1.85. The number of hydrogen-bond acceptors (Lipinski definition) is 8. The number of rotatable bonds is 11. The first-order valence-electron chi connectivity index (χ1n) is 9.33. The number of nitrogens with zero attached hydrogens (tertiary/aromatic N) is 2. The molecule has 1 heterocycles. The van der Waals surface area contributed by atoms with Crippen molar-refractivity contribution in [3.05, 3.63) is 36.0 Å². The topological polar surface area (TPSA) is 90.4 Å². The summed E-state index contributed by atoms with van der Waals surface area (Å²) in [5.41, 5.74) is 2.35. The summed E-state index contributed by atoms with van der Waals surface area (Å²) >= 11 is 0. The van der Waals surface area contributed by atoms with Crippen LogP contribution in [-0.2, 0) is 20.2 Å². The average Bonchev–Trinajstić information content (AvgIpc) is 2.68. The molecule has 0 aliphatic carbocycles. The molecule has 0 unspecified atom stereocenters. The Hall–Kier alpha value is -2.12. The van der Waals surface area contributed by atoms with Crippen molar-refractivity contribution in [1.29, 1.82) is 0 Å². The molecule has 0 radical (unpaired) electrons. The Bertz CT molecular complexity index is 826. The maximum atomic E-state index is 12.8. The maximum Gasteiger partial charge on any atom is 0.344 e. The molecule has 9 heteroatoms. The van der Waals surface area contributed by atoms with Crippen molar-refractivity contribution in [3.8, 4) is 28.5 Å². The lowest BCUT2D eigenvalue weighted by Gasteiger charge is -2.24. The van der Waals surface area contributed by atoms with Crippen LogP contribution >= 0.6 is 7.60 Å². The van der Waals surface area contributed by atoms with Gasteiger partial charge in [0.15, 0.2) is 11.5 Å². The first-order valence-corrected chi connectivity index (χ1v) is 11.1. The van der Waals surface area contributed by atoms with Crippen LogP contribution in [0.5, 0.6) is 17.2 Å². The molecule has 29 heavy (non-hydrogen) atoms. The monoisotopic (exact) mass is 424 g/mol. The van der Waals surface area contributed by atoms with Crippen LogP contribution < -0.4 is 9.47 Å². The number of aromatic hydroxyl groups is 1. The number of aromatic nitrogens is 1. The molecule has 1 N–H and O–H groups in total. The van der Waals surface area contributed by atoms with Crippen molar-refractivity contribution in [3.63, 3.8) is 0 Å². The summed E-state index contributed by atoms with van der Waals surface area (Å²) in [7, 11) is 1.60. The molecule has 1 aromatic heterocycles. The number of hydrogen-bond donors (Lipinski definition) is 1. The van der Waals surface area contributed by atoms with Gasteiger partial charge >= 0.3 is 7.60 Å². The SMILES string of the molecule is CCOP(=O)(CN(C)Cc1cccnc1-c1cc(OC)c(O)c(OC)c1)OCC. The van der Waals surface area contributed by atoms with Crippen LogP contribution in [0.2, 0.25) is 0 Å². The molecule has 0 aliphatic heterocycles. The van der Waals surface area contributed by atoms with Gasteiger partial charge in [-0.15, -0.1) is 0 Å². The van der Waals surface area contributed by atoms with Gasteiger partial charge in [-0.3, -0.25) is 14.4 Å². The predicted octanol–water partition coefficient (Wildman–Crippen LogP) is 4.13. The fraction of sp³-hybridized carbons (Fsp3) is 0.450. The molecule has 2 aromatic rings. The number of ether oxygens (including phenoxy) is 2. The van der Waals surface area contributed by atoms with Crippen LogP contribution in [0, 0.1) is 0 Å². The van der Waals surface area contributed by atoms with Crippen molar-refractivity contribution < 1.29 is 28.2 Å². The molecule has 0 aliphatic rings. The third-order valence-electron chi connectivity index (χ3n) is 4.15. The molecule has 0 atom stereocenters. The van der Waals surface area contributed by atoms with E-state index in [0.29, 0.717) is 37.0 Å². The van der Waals surface area contributed by atoms with E-state index in [1.165, 1.54) is 14.2 Å². The first kappa shape index (κ1) is 23.2. The molecule has 0 fully saturated rings. The normalized spacial score (nSPS) is 11.7. The Kier molecular flexibility index (Phi) is 8.46.